The molecule has 1 spiro atoms. The maximum absolute atomic E-state index is 14.3. The monoisotopic (exact) mass is 504 g/mol. The molecule has 7 atom stereocenters. The number of unbranched alkanes of at least 4 members (excludes halogenated alkanes) is 1. The van der Waals surface area contributed by atoms with E-state index in [9.17, 15) is 19.5 Å². The van der Waals surface area contributed by atoms with Gasteiger partial charge in [-0.25, -0.2) is 0 Å². The first-order valence-electron chi connectivity index (χ1n) is 13.3. The highest BCUT2D eigenvalue weighted by Crippen LogP contribution is 2.61. The Labute approximate surface area is 213 Å². The van der Waals surface area contributed by atoms with E-state index in [-0.39, 0.29) is 35.6 Å². The van der Waals surface area contributed by atoms with Crippen LogP contribution in [0.2, 0.25) is 0 Å². The molecule has 0 aromatic heterocycles. The number of thioether (sulfide) groups is 1. The van der Waals surface area contributed by atoms with Gasteiger partial charge in [0.15, 0.2) is 0 Å². The molecule has 2 amide bonds. The molecule has 4 aliphatic rings. The molecule has 0 aliphatic carbocycles. The van der Waals surface area contributed by atoms with Crippen LogP contribution in [0.15, 0.2) is 24.3 Å². The van der Waals surface area contributed by atoms with Crippen molar-refractivity contribution < 1.29 is 24.2 Å². The number of rotatable bonds is 7. The number of likely N-dealkylation sites (tertiary alicyclic amines) is 1. The number of amides is 2. The van der Waals surface area contributed by atoms with Crippen molar-refractivity contribution in [3.8, 4) is 0 Å². The third kappa shape index (κ3) is 4.57. The molecule has 35 heavy (non-hydrogen) atoms. The lowest BCUT2D eigenvalue weighted by molar-refractivity contribution is -0.154. The third-order valence-corrected chi connectivity index (χ3v) is 9.99. The Bertz CT molecular complexity index is 876. The van der Waals surface area contributed by atoms with Gasteiger partial charge >= 0.3 is 5.97 Å². The molecule has 0 saturated carbocycles. The van der Waals surface area contributed by atoms with Crippen molar-refractivity contribution >= 4 is 29.5 Å². The zero-order valence-electron chi connectivity index (χ0n) is 21.2. The predicted octanol–water partition coefficient (Wildman–Crippen LogP) is 3.17. The zero-order chi connectivity index (χ0) is 25.2. The van der Waals surface area contributed by atoms with E-state index in [0.717, 1.165) is 38.5 Å². The average Bonchev–Trinajstić information content (AvgIpc) is 3.24. The van der Waals surface area contributed by atoms with Gasteiger partial charge in [-0.3, -0.25) is 14.4 Å². The number of hydrogen-bond donors (Lipinski definition) is 1. The molecular formula is C27H40N2O5S. The Morgan fingerprint density at radius 1 is 1.20 bits per heavy atom. The van der Waals surface area contributed by atoms with Gasteiger partial charge in [0.2, 0.25) is 11.8 Å². The number of hydrogen-bond acceptors (Lipinski definition) is 6. The van der Waals surface area contributed by atoms with E-state index in [1.165, 1.54) is 0 Å². The van der Waals surface area contributed by atoms with E-state index in [0.29, 0.717) is 19.7 Å². The normalized spacial score (nSPS) is 35.6. The van der Waals surface area contributed by atoms with Gasteiger partial charge in [0, 0.05) is 18.3 Å². The molecule has 0 bridgehead atoms. The van der Waals surface area contributed by atoms with E-state index in [2.05, 4.69) is 19.1 Å². The summed E-state index contributed by atoms with van der Waals surface area (Å²) in [6.07, 6.45) is 13.5. The second kappa shape index (κ2) is 11.1. The minimum atomic E-state index is -0.858. The van der Waals surface area contributed by atoms with Crippen LogP contribution in [-0.2, 0) is 19.1 Å². The first kappa shape index (κ1) is 26.3. The maximum Gasteiger partial charge on any atom is 0.311 e. The fourth-order valence-electron chi connectivity index (χ4n) is 6.12. The summed E-state index contributed by atoms with van der Waals surface area (Å²) in [5, 5.41) is 10.2. The minimum Gasteiger partial charge on any atom is -0.465 e. The molecule has 4 aliphatic heterocycles. The number of cyclic esters (lactones) is 1. The van der Waals surface area contributed by atoms with Crippen LogP contribution in [0.5, 0.6) is 0 Å². The van der Waals surface area contributed by atoms with Crippen molar-refractivity contribution in [1.82, 2.24) is 9.80 Å². The Morgan fingerprint density at radius 3 is 2.71 bits per heavy atom. The molecule has 2 fully saturated rings. The molecule has 0 radical (unpaired) electrons. The Morgan fingerprint density at radius 2 is 2.00 bits per heavy atom. The van der Waals surface area contributed by atoms with Crippen molar-refractivity contribution in [3.05, 3.63) is 24.3 Å². The standard InChI is InChI=1S/C27H40N2O5S/c1-4-6-14-28-15-11-13-27-22(21-20(35-27)12-9-7-8-10-16-34-26(21)33)24(31)29(23(27)25(28)32)19(17-30)18(3)5-2/h9,11-13,18-23,30H,4-8,10,14-17H2,1-3H3/b12-9-/t18-,19-,20+,21-,22-,23?,27-/m0/s1. The highest BCUT2D eigenvalue weighted by molar-refractivity contribution is 8.02. The van der Waals surface area contributed by atoms with Crippen molar-refractivity contribution in [3.63, 3.8) is 0 Å². The highest BCUT2D eigenvalue weighted by atomic mass is 32.2. The number of allylic oxidation sites excluding steroid dienone is 1. The van der Waals surface area contributed by atoms with Crippen LogP contribution in [0, 0.1) is 17.8 Å². The minimum absolute atomic E-state index is 0.0145. The van der Waals surface area contributed by atoms with Gasteiger partial charge in [0.1, 0.15) is 6.04 Å². The zero-order valence-corrected chi connectivity index (χ0v) is 22.0. The Kier molecular flexibility index (Phi) is 8.31. The predicted molar refractivity (Wildman–Crippen MR) is 137 cm³/mol. The molecule has 2 saturated heterocycles. The van der Waals surface area contributed by atoms with Crippen molar-refractivity contribution in [1.29, 1.82) is 0 Å². The molecule has 194 valence electrons. The van der Waals surface area contributed by atoms with Gasteiger partial charge in [-0.1, -0.05) is 57.9 Å². The quantitative estimate of drug-likeness (QED) is 0.423. The van der Waals surface area contributed by atoms with Gasteiger partial charge in [-0.05, 0) is 31.6 Å². The number of aliphatic hydroxyl groups is 1. The summed E-state index contributed by atoms with van der Waals surface area (Å²) in [7, 11) is 0. The Hall–Kier alpha value is -1.80. The summed E-state index contributed by atoms with van der Waals surface area (Å²) in [4.78, 5) is 45.3. The number of nitrogens with zero attached hydrogens (tertiary/aromatic N) is 2. The van der Waals surface area contributed by atoms with Crippen LogP contribution < -0.4 is 0 Å². The van der Waals surface area contributed by atoms with E-state index in [1.807, 2.05) is 30.9 Å². The SMILES string of the molecule is CCCCN1CC=C[C@]23S[C@@H]4/C=C\CCCCOC(=O)[C@@H]4[C@H]2C(=O)N([C@@H](CO)[C@@H](C)CC)C3C1=O. The second-order valence-electron chi connectivity index (χ2n) is 10.4. The summed E-state index contributed by atoms with van der Waals surface area (Å²) in [6.45, 7) is 7.40. The molecule has 8 heteroatoms. The maximum atomic E-state index is 14.3. The first-order valence-corrected chi connectivity index (χ1v) is 14.2. The van der Waals surface area contributed by atoms with E-state index in [1.54, 1.807) is 16.7 Å². The van der Waals surface area contributed by atoms with E-state index in [4.69, 9.17) is 4.74 Å². The third-order valence-electron chi connectivity index (χ3n) is 8.25. The van der Waals surface area contributed by atoms with Crippen molar-refractivity contribution in [2.24, 2.45) is 17.8 Å². The smallest absolute Gasteiger partial charge is 0.311 e. The first-order chi connectivity index (χ1) is 16.9. The number of carbonyl (C=O) groups is 3. The summed E-state index contributed by atoms with van der Waals surface area (Å²) >= 11 is 1.57. The summed E-state index contributed by atoms with van der Waals surface area (Å²) in [5.41, 5.74) is 0. The summed E-state index contributed by atoms with van der Waals surface area (Å²) < 4.78 is 4.80. The number of carbonyl (C=O) groups excluding carboxylic acids is 3. The molecule has 7 nitrogen and oxygen atoms in total. The van der Waals surface area contributed by atoms with Gasteiger partial charge in [-0.2, -0.15) is 0 Å². The molecule has 1 unspecified atom stereocenters. The summed E-state index contributed by atoms with van der Waals surface area (Å²) in [6, 6.07) is -1.22. The number of fused-ring (bicyclic) bond motifs is 2. The fourth-order valence-corrected chi connectivity index (χ4v) is 8.11. The van der Waals surface area contributed by atoms with Gasteiger partial charge in [0.25, 0.3) is 0 Å². The molecule has 4 rings (SSSR count). The Balaban J connectivity index is 1.83. The average molecular weight is 505 g/mol. The molecular weight excluding hydrogens is 464 g/mol. The van der Waals surface area contributed by atoms with Crippen LogP contribution in [0.4, 0.5) is 0 Å². The van der Waals surface area contributed by atoms with E-state index < -0.39 is 28.7 Å². The topological polar surface area (TPSA) is 87.2 Å². The van der Waals surface area contributed by atoms with Crippen molar-refractivity contribution in [2.45, 2.75) is 81.4 Å². The summed E-state index contributed by atoms with van der Waals surface area (Å²) in [5.74, 6) is -1.95. The number of aliphatic hydroxyl groups excluding tert-OH is 1. The molecule has 0 aromatic rings. The van der Waals surface area contributed by atoms with Crippen LogP contribution in [0.1, 0.15) is 59.3 Å². The lowest BCUT2D eigenvalue weighted by Crippen LogP contribution is -2.57. The molecule has 4 heterocycles. The molecule has 1 N–H and O–H groups in total. The lowest BCUT2D eigenvalue weighted by atomic mass is 9.78. The van der Waals surface area contributed by atoms with Gasteiger partial charge in [-0.15, -0.1) is 11.8 Å². The van der Waals surface area contributed by atoms with Crippen LogP contribution in [0.25, 0.3) is 0 Å². The largest absolute Gasteiger partial charge is 0.465 e. The van der Waals surface area contributed by atoms with Crippen molar-refractivity contribution in [2.75, 3.05) is 26.3 Å². The fraction of sp³-hybridized carbons (Fsp3) is 0.741. The number of esters is 1. The van der Waals surface area contributed by atoms with E-state index >= 15 is 0 Å². The second-order valence-corrected chi connectivity index (χ2v) is 11.8. The molecule has 0 aromatic carbocycles. The highest BCUT2D eigenvalue weighted by Gasteiger charge is 2.71. The van der Waals surface area contributed by atoms with Gasteiger partial charge in [0.05, 0.1) is 35.8 Å². The van der Waals surface area contributed by atoms with Gasteiger partial charge < -0.3 is 19.6 Å². The van der Waals surface area contributed by atoms with Crippen LogP contribution in [0.3, 0.4) is 0 Å². The lowest BCUT2D eigenvalue weighted by Gasteiger charge is -2.40. The number of ether oxygens (including phenoxy) is 1. The van der Waals surface area contributed by atoms with Crippen LogP contribution in [-0.4, -0.2) is 81.1 Å². The van der Waals surface area contributed by atoms with Crippen LogP contribution >= 0.6 is 11.8 Å².